The Morgan fingerprint density at radius 2 is 1.03 bits per heavy atom. The number of para-hydroxylation sites is 6. The summed E-state index contributed by atoms with van der Waals surface area (Å²) in [5, 5.41) is 26.1. The Balaban J connectivity index is 0.000000141. The second-order valence-corrected chi connectivity index (χ2v) is 44.6. The minimum atomic E-state index is 0.0482. The number of anilines is 2. The molecule has 0 saturated carbocycles. The average molecular weight is 1770 g/mol. The van der Waals surface area contributed by atoms with Crippen LogP contribution in [-0.4, -0.2) is 93.6 Å². The van der Waals surface area contributed by atoms with E-state index in [9.17, 15) is 9.59 Å². The van der Waals surface area contributed by atoms with E-state index in [4.69, 9.17) is 4.52 Å². The largest absolute Gasteiger partial charge is 0.384 e. The molecule has 6 aromatic heterocycles. The van der Waals surface area contributed by atoms with E-state index < -0.39 is 0 Å². The fourth-order valence-corrected chi connectivity index (χ4v) is 17.1. The molecule has 9 aromatic carbocycles. The average Bonchev–Trinajstić information content (AvgIpc) is 1.73. The highest BCUT2D eigenvalue weighted by molar-refractivity contribution is 6.07. The van der Waals surface area contributed by atoms with Gasteiger partial charge in [-0.05, 0) is 182 Å². The molecule has 0 spiro atoms. The third kappa shape index (κ3) is 26.4. The van der Waals surface area contributed by atoms with Crippen molar-refractivity contribution < 1.29 is 9.32 Å². The van der Waals surface area contributed by atoms with E-state index in [1.807, 2.05) is 88.3 Å². The summed E-state index contributed by atoms with van der Waals surface area (Å²) in [6.07, 6.45) is 8.68. The van der Waals surface area contributed by atoms with Crippen LogP contribution < -0.4 is 16.2 Å². The van der Waals surface area contributed by atoms with Crippen LogP contribution in [0.15, 0.2) is 276 Å². The van der Waals surface area contributed by atoms with E-state index in [0.29, 0.717) is 34.9 Å². The third-order valence-electron chi connectivity index (χ3n) is 25.0. The van der Waals surface area contributed by atoms with Gasteiger partial charge in [0.2, 0.25) is 0 Å². The molecule has 2 unspecified atom stereocenters. The van der Waals surface area contributed by atoms with Crippen LogP contribution in [0.2, 0.25) is 0 Å². The Morgan fingerprint density at radius 3 is 1.62 bits per heavy atom. The van der Waals surface area contributed by atoms with Gasteiger partial charge in [-0.15, -0.1) is 0 Å². The maximum Gasteiger partial charge on any atom is 0.254 e. The van der Waals surface area contributed by atoms with Crippen molar-refractivity contribution in [1.29, 1.82) is 0 Å². The summed E-state index contributed by atoms with van der Waals surface area (Å²) in [4.78, 5) is 39.1. The number of aromatic amines is 3. The van der Waals surface area contributed by atoms with Crippen LogP contribution in [0.25, 0.3) is 54.5 Å². The summed E-state index contributed by atoms with van der Waals surface area (Å²) in [6.45, 7) is 67.4. The highest BCUT2D eigenvalue weighted by Gasteiger charge is 2.34. The maximum atomic E-state index is 12.0. The van der Waals surface area contributed by atoms with Crippen molar-refractivity contribution in [3.8, 4) is 0 Å². The Kier molecular flexibility index (Phi) is 32.3. The Bertz CT molecular complexity index is 5970. The zero-order valence-corrected chi connectivity index (χ0v) is 84.6. The van der Waals surface area contributed by atoms with Gasteiger partial charge in [0.25, 0.3) is 11.5 Å². The maximum absolute atomic E-state index is 12.0. The molecule has 15 nitrogen and oxygen atoms in total. The number of aliphatic imine (C=N–C) groups is 1. The lowest BCUT2D eigenvalue weighted by Gasteiger charge is -2.32. The summed E-state index contributed by atoms with van der Waals surface area (Å²) in [5.74, 6) is 0.838. The molecule has 2 atom stereocenters. The number of H-pyrrole nitrogens is 3. The van der Waals surface area contributed by atoms with Crippen LogP contribution in [0.4, 0.5) is 11.4 Å². The van der Waals surface area contributed by atoms with Gasteiger partial charge in [-0.25, -0.2) is 0 Å². The molecule has 5 aliphatic rings. The minimum absolute atomic E-state index is 0.0482. The highest BCUT2D eigenvalue weighted by atomic mass is 16.5. The van der Waals surface area contributed by atoms with Crippen molar-refractivity contribution in [1.82, 2.24) is 44.3 Å². The number of nitrogens with zero attached hydrogens (tertiary/aromatic N) is 7. The van der Waals surface area contributed by atoms with Crippen molar-refractivity contribution in [3.05, 3.63) is 333 Å². The van der Waals surface area contributed by atoms with Gasteiger partial charge < -0.3 is 39.2 Å². The van der Waals surface area contributed by atoms with Crippen molar-refractivity contribution in [2.45, 2.75) is 278 Å². The fourth-order valence-electron chi connectivity index (χ4n) is 17.1. The number of fused-ring (bicyclic) bond motifs is 10. The first kappa shape index (κ1) is 101. The molecule has 11 heterocycles. The number of pyridine rings is 1. The van der Waals surface area contributed by atoms with Crippen LogP contribution in [0.3, 0.4) is 0 Å². The summed E-state index contributed by atoms with van der Waals surface area (Å²) in [6, 6.07) is 84.3. The number of rotatable bonds is 2. The van der Waals surface area contributed by atoms with E-state index in [2.05, 4.69) is 421 Å². The highest BCUT2D eigenvalue weighted by Crippen LogP contribution is 2.43. The van der Waals surface area contributed by atoms with E-state index in [-0.39, 0.29) is 44.1 Å². The smallest absolute Gasteiger partial charge is 0.254 e. The molecular formula is C117H152N12O3. The van der Waals surface area contributed by atoms with E-state index >= 15 is 0 Å². The van der Waals surface area contributed by atoms with Gasteiger partial charge in [-0.1, -0.05) is 326 Å². The fraction of sp³-hybridized carbons (Fsp3) is 0.410. The number of hydrogen-bond donors (Lipinski definition) is 5. The van der Waals surface area contributed by atoms with Crippen LogP contribution in [-0.2, 0) is 59.7 Å². The second kappa shape index (κ2) is 42.4. The Labute approximate surface area is 788 Å². The zero-order valence-electron chi connectivity index (χ0n) is 84.6. The Morgan fingerprint density at radius 1 is 0.470 bits per heavy atom. The van der Waals surface area contributed by atoms with Gasteiger partial charge in [-0.3, -0.25) is 24.6 Å². The lowest BCUT2D eigenvalue weighted by atomic mass is 9.78. The van der Waals surface area contributed by atoms with Crippen LogP contribution in [0.1, 0.15) is 266 Å². The van der Waals surface area contributed by atoms with Gasteiger partial charge in [0.1, 0.15) is 0 Å². The molecule has 0 saturated heterocycles. The lowest BCUT2D eigenvalue weighted by Crippen LogP contribution is -2.41. The van der Waals surface area contributed by atoms with Crippen LogP contribution in [0.5, 0.6) is 0 Å². The summed E-state index contributed by atoms with van der Waals surface area (Å²) < 4.78 is 9.36. The topological polar surface area (TPSA) is 173 Å². The number of aromatic nitrogens is 7. The lowest BCUT2D eigenvalue weighted by molar-refractivity contribution is 0.0688. The molecule has 15 aromatic rings. The first-order valence-corrected chi connectivity index (χ1v) is 47.7. The van der Waals surface area contributed by atoms with Crippen molar-refractivity contribution in [2.75, 3.05) is 30.3 Å². The van der Waals surface area contributed by atoms with E-state index in [0.717, 1.165) is 79.1 Å². The number of carbonyl (C=O) groups is 1. The molecule has 0 bridgehead atoms. The van der Waals surface area contributed by atoms with Crippen molar-refractivity contribution in [3.63, 3.8) is 0 Å². The minimum Gasteiger partial charge on any atom is -0.384 e. The quantitative estimate of drug-likeness (QED) is 0.114. The zero-order chi connectivity index (χ0) is 96.1. The van der Waals surface area contributed by atoms with Crippen LogP contribution >= 0.6 is 0 Å². The molecule has 698 valence electrons. The number of hydrogen-bond acceptors (Lipinski definition) is 9. The molecular weight excluding hydrogens is 1620 g/mol. The van der Waals surface area contributed by atoms with Crippen molar-refractivity contribution >= 4 is 77.4 Å². The molecule has 0 aliphatic carbocycles. The SMILES string of the molecule is CC(C)(C)C1=NCc2ccccc21.CC(C)(C)C1CNc2ccccc21.CC(C)(C)C1Cc2ccccc2N1.CC(C)(C)c1[nH]nc2ccccc12.CC(C)(C)c1c[nH]c2ccccc12.CC(C)(C)c1cc2ccccc2[nH]1.CC(C)(C)c1noc2ccccc12.CC(C)(C)n1cc2ccccc2c1.CC(C)N1CCc2ccccc2C1=O.CC(C)N1CCn2c(cccc2=O)C1. The molecule has 5 aliphatic heterocycles. The molecule has 20 rings (SSSR count). The molecule has 132 heavy (non-hydrogen) atoms. The molecule has 15 heteroatoms. The van der Waals surface area contributed by atoms with Crippen molar-refractivity contribution in [2.24, 2.45) is 21.2 Å². The van der Waals surface area contributed by atoms with Gasteiger partial charge in [0.15, 0.2) is 5.58 Å². The van der Waals surface area contributed by atoms with E-state index in [1.54, 1.807) is 6.07 Å². The molecule has 1 amide bonds. The first-order chi connectivity index (χ1) is 62.0. The summed E-state index contributed by atoms with van der Waals surface area (Å²) in [7, 11) is 0. The third-order valence-corrected chi connectivity index (χ3v) is 25.0. The summed E-state index contributed by atoms with van der Waals surface area (Å²) in [5.41, 5.74) is 23.9. The normalized spacial score (nSPS) is 15.2. The number of carbonyl (C=O) groups excluding carboxylic acids is 1. The van der Waals surface area contributed by atoms with Crippen LogP contribution in [0, 0.1) is 16.2 Å². The predicted octanol–water partition coefficient (Wildman–Crippen LogP) is 28.8. The molecule has 0 radical (unpaired) electrons. The van der Waals surface area contributed by atoms with Gasteiger partial charge in [0.05, 0.1) is 17.8 Å². The number of benzene rings is 9. The first-order valence-electron chi connectivity index (χ1n) is 47.7. The second-order valence-electron chi connectivity index (χ2n) is 44.6. The number of amides is 1. The number of nitrogens with one attached hydrogen (secondary N) is 5. The van der Waals surface area contributed by atoms with Gasteiger partial charge in [0, 0.05) is 181 Å². The summed E-state index contributed by atoms with van der Waals surface area (Å²) >= 11 is 0. The monoisotopic (exact) mass is 1770 g/mol. The van der Waals surface area contributed by atoms with Gasteiger partial charge >= 0.3 is 0 Å². The standard InChI is InChI=1S/C12H15NO.C12H15N.C12H17N.2C12H15N.C12H17N.C12H15N.C11H16N2O.C11H14N2.C11H13NO/c1-9(2)13-8-7-10-5-3-4-6-11(10)12(13)14;1-12(2,3)13-8-10-6-4-5-7-11(10)9-13;2*1-12(2,3)10-8-13-11-7-5-4-6-9(10)11;1-12(2,3)11-10-7-5-4-6-9(10)8-13-11;2*1-12(2,3)11-8-9-6-4-5-7-10(9)13-11;1-9(2)12-6-7-13-10(8-12)4-3-5-11(13)14;1-11(2,3)10-8-6-4-5-7-9(8)12-13-10;1-11(2,3)10-8-6-4-5-7-9(8)13-12-10/h3-6,9H,7-8H2,1-2H3;4-9H,1-3H3;4-7,10,13H,8H2,1-3H3;4-8,13H,1-3H3;4-7H,8H2,1-3H3;4-7,11,13H,8H2,1-3H3;4-8,13H,1-3H3;3-5,9H,6-8H2,1-2H3;4-7H,1-3H3,(H,12,13);4-7H,1-3H3. The Hall–Kier alpha value is -11.8. The molecule has 0 fully saturated rings. The van der Waals surface area contributed by atoms with E-state index in [1.165, 1.54) is 106 Å². The molecule has 5 N–H and O–H groups in total. The van der Waals surface area contributed by atoms with Gasteiger partial charge in [-0.2, -0.15) is 5.10 Å². The predicted molar refractivity (Wildman–Crippen MR) is 561 cm³/mol.